The molecule has 0 fully saturated rings. The standard InChI is InChI=1S/C51H31N3OS/c1-3-10-31(11-4-1)49-50(32-12-5-2-6-13-32)53-42-30-36(18-22-41(42)52-49)35-21-25-48-40(29-35)39-28-34(20-24-47(39)56-48)33-19-23-43-38(26-33)27-37-14-9-17-46-51(37)54(43)44-15-7-8-16-45(44)55-46/h1-26,28-30H,27H2. The van der Waals surface area contributed by atoms with Crippen molar-refractivity contribution in [3.63, 3.8) is 0 Å². The summed E-state index contributed by atoms with van der Waals surface area (Å²) >= 11 is 1.85. The number of anilines is 3. The first-order chi connectivity index (χ1) is 27.7. The zero-order valence-corrected chi connectivity index (χ0v) is 30.9. The maximum Gasteiger partial charge on any atom is 0.151 e. The van der Waals surface area contributed by atoms with Crippen LogP contribution in [0.3, 0.4) is 0 Å². The molecule has 0 spiro atoms. The van der Waals surface area contributed by atoms with E-state index in [1.807, 2.05) is 29.5 Å². The van der Waals surface area contributed by atoms with Crippen molar-refractivity contribution in [2.24, 2.45) is 0 Å². The Morgan fingerprint density at radius 3 is 1.75 bits per heavy atom. The average molecular weight is 734 g/mol. The van der Waals surface area contributed by atoms with Crippen LogP contribution < -0.4 is 9.64 Å². The van der Waals surface area contributed by atoms with E-state index in [0.717, 1.165) is 74.0 Å². The molecule has 4 nitrogen and oxygen atoms in total. The number of aromatic nitrogens is 2. The van der Waals surface area contributed by atoms with Gasteiger partial charge in [-0.2, -0.15) is 0 Å². The van der Waals surface area contributed by atoms with Crippen LogP contribution in [0.1, 0.15) is 11.1 Å². The van der Waals surface area contributed by atoms with E-state index in [0.29, 0.717) is 0 Å². The van der Waals surface area contributed by atoms with Gasteiger partial charge >= 0.3 is 0 Å². The smallest absolute Gasteiger partial charge is 0.151 e. The lowest BCUT2D eigenvalue weighted by molar-refractivity contribution is 0.475. The molecule has 4 heterocycles. The number of hydrogen-bond donors (Lipinski definition) is 0. The van der Waals surface area contributed by atoms with Gasteiger partial charge in [-0.05, 0) is 100 Å². The molecule has 0 amide bonds. The molecule has 2 aromatic heterocycles. The first-order valence-electron chi connectivity index (χ1n) is 18.9. The van der Waals surface area contributed by atoms with E-state index in [-0.39, 0.29) is 0 Å². The van der Waals surface area contributed by atoms with Crippen LogP contribution in [0.4, 0.5) is 17.1 Å². The monoisotopic (exact) mass is 733 g/mol. The van der Waals surface area contributed by atoms with Crippen molar-refractivity contribution in [3.05, 3.63) is 187 Å². The molecule has 0 saturated carbocycles. The van der Waals surface area contributed by atoms with Crippen molar-refractivity contribution in [2.45, 2.75) is 6.42 Å². The first-order valence-corrected chi connectivity index (χ1v) is 19.8. The van der Waals surface area contributed by atoms with Gasteiger partial charge in [0.15, 0.2) is 11.5 Å². The number of thiophene rings is 1. The third-order valence-corrected chi connectivity index (χ3v) is 12.4. The van der Waals surface area contributed by atoms with Crippen LogP contribution in [0.15, 0.2) is 176 Å². The van der Waals surface area contributed by atoms with Crippen molar-refractivity contribution in [1.82, 2.24) is 9.97 Å². The molecule has 0 atom stereocenters. The van der Waals surface area contributed by atoms with Crippen LogP contribution in [0.5, 0.6) is 11.5 Å². The van der Waals surface area contributed by atoms with Crippen LogP contribution in [0.25, 0.3) is 76.0 Å². The molecule has 5 heteroatoms. The Morgan fingerprint density at radius 2 is 1.02 bits per heavy atom. The fourth-order valence-electron chi connectivity index (χ4n) is 8.56. The summed E-state index contributed by atoms with van der Waals surface area (Å²) in [6, 6.07) is 62.6. The van der Waals surface area contributed by atoms with Gasteiger partial charge in [0.25, 0.3) is 0 Å². The molecule has 56 heavy (non-hydrogen) atoms. The highest BCUT2D eigenvalue weighted by molar-refractivity contribution is 7.25. The van der Waals surface area contributed by atoms with Crippen LogP contribution in [0.2, 0.25) is 0 Å². The highest BCUT2D eigenvalue weighted by Crippen LogP contribution is 2.55. The summed E-state index contributed by atoms with van der Waals surface area (Å²) in [5.41, 5.74) is 16.4. The molecule has 0 aliphatic carbocycles. The summed E-state index contributed by atoms with van der Waals surface area (Å²) in [4.78, 5) is 12.8. The third-order valence-electron chi connectivity index (χ3n) is 11.2. The third kappa shape index (κ3) is 4.91. The zero-order valence-electron chi connectivity index (χ0n) is 30.1. The minimum absolute atomic E-state index is 0.859. The maximum absolute atomic E-state index is 6.35. The molecule has 0 N–H and O–H groups in total. The van der Waals surface area contributed by atoms with Crippen LogP contribution in [0, 0.1) is 0 Å². The van der Waals surface area contributed by atoms with Gasteiger partial charge in [0.2, 0.25) is 0 Å². The Bertz CT molecular complexity index is 3210. The van der Waals surface area contributed by atoms with E-state index in [9.17, 15) is 0 Å². The molecule has 2 aliphatic rings. The highest BCUT2D eigenvalue weighted by atomic mass is 32.1. The van der Waals surface area contributed by atoms with Gasteiger partial charge in [-0.25, -0.2) is 9.97 Å². The van der Waals surface area contributed by atoms with Crippen LogP contribution in [-0.4, -0.2) is 9.97 Å². The Labute approximate surface area is 327 Å². The van der Waals surface area contributed by atoms with Crippen LogP contribution >= 0.6 is 11.3 Å². The number of fused-ring (bicyclic) bond motifs is 8. The second kappa shape index (κ2) is 12.2. The van der Waals surface area contributed by atoms with Gasteiger partial charge in [0.1, 0.15) is 0 Å². The lowest BCUT2D eigenvalue weighted by atomic mass is 9.91. The summed E-state index contributed by atoms with van der Waals surface area (Å²) < 4.78 is 8.92. The molecule has 0 bridgehead atoms. The van der Waals surface area contributed by atoms with Gasteiger partial charge < -0.3 is 9.64 Å². The van der Waals surface area contributed by atoms with E-state index in [2.05, 4.69) is 163 Å². The summed E-state index contributed by atoms with van der Waals surface area (Å²) in [7, 11) is 0. The summed E-state index contributed by atoms with van der Waals surface area (Å²) in [6.45, 7) is 0. The molecular formula is C51H31N3OS. The predicted molar refractivity (Wildman–Crippen MR) is 232 cm³/mol. The Kier molecular flexibility index (Phi) is 6.83. The summed E-state index contributed by atoms with van der Waals surface area (Å²) in [5.74, 6) is 1.80. The number of benzene rings is 8. The highest BCUT2D eigenvalue weighted by Gasteiger charge is 2.32. The minimum Gasteiger partial charge on any atom is -0.453 e. The van der Waals surface area contributed by atoms with Crippen molar-refractivity contribution in [3.8, 4) is 56.3 Å². The number of nitrogens with zero attached hydrogens (tertiary/aromatic N) is 3. The molecule has 0 unspecified atom stereocenters. The SMILES string of the molecule is c1ccc(-c2nc3ccc(-c4ccc5sc6ccc(-c7ccc8c(c7)Cc7cccc9c7N8c7ccccc7O9)cc6c5c4)cc3nc2-c2ccccc2)cc1. The molecule has 10 aromatic rings. The fourth-order valence-corrected chi connectivity index (χ4v) is 9.63. The molecule has 262 valence electrons. The first kappa shape index (κ1) is 31.3. The van der Waals surface area contributed by atoms with E-state index in [4.69, 9.17) is 14.7 Å². The second-order valence-corrected chi connectivity index (χ2v) is 15.7. The minimum atomic E-state index is 0.859. The second-order valence-electron chi connectivity index (χ2n) is 14.6. The Hall–Kier alpha value is -7.08. The average Bonchev–Trinajstić information content (AvgIpc) is 3.63. The lowest BCUT2D eigenvalue weighted by Crippen LogP contribution is -2.22. The zero-order chi connectivity index (χ0) is 36.7. The number of para-hydroxylation sites is 3. The largest absolute Gasteiger partial charge is 0.453 e. The quantitative estimate of drug-likeness (QED) is 0.180. The van der Waals surface area contributed by atoms with Gasteiger partial charge in [0.05, 0.1) is 33.8 Å². The molecule has 0 radical (unpaired) electrons. The van der Waals surface area contributed by atoms with Crippen molar-refractivity contribution in [2.75, 3.05) is 4.90 Å². The van der Waals surface area contributed by atoms with Crippen molar-refractivity contribution < 1.29 is 4.74 Å². The summed E-state index contributed by atoms with van der Waals surface area (Å²) in [5, 5.41) is 2.54. The maximum atomic E-state index is 6.35. The number of rotatable bonds is 4. The molecule has 0 saturated heterocycles. The van der Waals surface area contributed by atoms with Crippen molar-refractivity contribution >= 4 is 59.6 Å². The Morgan fingerprint density at radius 1 is 0.429 bits per heavy atom. The van der Waals surface area contributed by atoms with E-state index < -0.39 is 0 Å². The van der Waals surface area contributed by atoms with Crippen molar-refractivity contribution in [1.29, 1.82) is 0 Å². The van der Waals surface area contributed by atoms with Gasteiger partial charge in [-0.1, -0.05) is 109 Å². The van der Waals surface area contributed by atoms with Gasteiger partial charge in [-0.15, -0.1) is 11.3 Å². The normalized spacial score (nSPS) is 12.7. The van der Waals surface area contributed by atoms with E-state index >= 15 is 0 Å². The lowest BCUT2D eigenvalue weighted by Gasteiger charge is -2.38. The molecule has 12 rings (SSSR count). The number of hydrogen-bond acceptors (Lipinski definition) is 5. The van der Waals surface area contributed by atoms with E-state index in [1.54, 1.807) is 0 Å². The number of ether oxygens (including phenoxy) is 1. The van der Waals surface area contributed by atoms with Gasteiger partial charge in [0, 0.05) is 43.4 Å². The van der Waals surface area contributed by atoms with E-state index in [1.165, 1.54) is 48.1 Å². The molecular weight excluding hydrogens is 703 g/mol. The fraction of sp³-hybridized carbons (Fsp3) is 0.0196. The topological polar surface area (TPSA) is 38.2 Å². The molecule has 8 aromatic carbocycles. The van der Waals surface area contributed by atoms with Gasteiger partial charge in [-0.3, -0.25) is 0 Å². The van der Waals surface area contributed by atoms with Crippen LogP contribution in [-0.2, 0) is 6.42 Å². The molecule has 2 aliphatic heterocycles. The summed E-state index contributed by atoms with van der Waals surface area (Å²) in [6.07, 6.45) is 0.859. The predicted octanol–water partition coefficient (Wildman–Crippen LogP) is 14.1. The Balaban J connectivity index is 0.939.